The van der Waals surface area contributed by atoms with Gasteiger partial charge in [0.25, 0.3) is 0 Å². The van der Waals surface area contributed by atoms with E-state index < -0.39 is 66.0 Å². The number of phenolic OH excluding ortho intramolecular Hbond substituents is 1. The molecular weight excluding hydrogens is 518 g/mol. The van der Waals surface area contributed by atoms with Gasteiger partial charge in [-0.15, -0.1) is 0 Å². The van der Waals surface area contributed by atoms with Crippen molar-refractivity contribution in [2.45, 2.75) is 74.9 Å². The van der Waals surface area contributed by atoms with Crippen LogP contribution in [0.4, 0.5) is 0 Å². The predicted molar refractivity (Wildman–Crippen MR) is 130 cm³/mol. The third-order valence-electron chi connectivity index (χ3n) is 8.09. The number of esters is 2. The summed E-state index contributed by atoms with van der Waals surface area (Å²) >= 11 is 0. The van der Waals surface area contributed by atoms with Gasteiger partial charge in [-0.1, -0.05) is 6.07 Å². The first-order chi connectivity index (χ1) is 18.2. The first kappa shape index (κ1) is 28.3. The number of nitrogens with zero attached hydrogens (tertiary/aromatic N) is 1. The number of likely N-dealkylation sites (N-methyl/N-ethyl adjacent to an activating group) is 1. The van der Waals surface area contributed by atoms with E-state index in [2.05, 4.69) is 4.74 Å². The van der Waals surface area contributed by atoms with Gasteiger partial charge < -0.3 is 44.6 Å². The Hall–Kier alpha value is -3.68. The number of aryl methyl sites for hydroxylation is 1. The SMILES string of the molecule is Cc1ccc(O)c2c1[C@]13CCN(C)[C@H](C)[C@]1(O)CC=C(OC(=O)C[C@H](O)C(=O)O[C@@H](CC(=O)O)C(=O)O)[C@@H]3O2. The maximum absolute atomic E-state index is 12.8. The first-order valence-electron chi connectivity index (χ1n) is 12.4. The molecule has 1 aliphatic carbocycles. The molecule has 5 N–H and O–H groups in total. The first-order valence-corrected chi connectivity index (χ1v) is 12.4. The van der Waals surface area contributed by atoms with Crippen LogP contribution in [0.25, 0.3) is 0 Å². The molecule has 13 nitrogen and oxygen atoms in total. The van der Waals surface area contributed by atoms with Gasteiger partial charge >= 0.3 is 23.9 Å². The van der Waals surface area contributed by atoms with Crippen LogP contribution in [0.1, 0.15) is 43.7 Å². The Morgan fingerprint density at radius 2 is 1.90 bits per heavy atom. The lowest BCUT2D eigenvalue weighted by atomic mass is 9.54. The molecule has 1 aromatic rings. The molecule has 0 amide bonds. The van der Waals surface area contributed by atoms with E-state index in [1.165, 1.54) is 12.1 Å². The molecule has 2 heterocycles. The third-order valence-corrected chi connectivity index (χ3v) is 8.09. The van der Waals surface area contributed by atoms with E-state index in [1.807, 2.05) is 25.8 Å². The number of aromatic hydroxyl groups is 1. The van der Waals surface area contributed by atoms with E-state index in [4.69, 9.17) is 19.7 Å². The number of carbonyl (C=O) groups excluding carboxylic acids is 2. The van der Waals surface area contributed by atoms with Gasteiger partial charge in [-0.05, 0) is 51.6 Å². The number of aliphatic hydroxyl groups excluding tert-OH is 1. The second kappa shape index (κ2) is 10.1. The van der Waals surface area contributed by atoms with Gasteiger partial charge in [0.2, 0.25) is 6.10 Å². The zero-order chi connectivity index (χ0) is 28.9. The van der Waals surface area contributed by atoms with Crippen molar-refractivity contribution in [1.82, 2.24) is 4.90 Å². The molecule has 1 aromatic carbocycles. The Balaban J connectivity index is 1.58. The number of piperidine rings is 1. The Morgan fingerprint density at radius 3 is 2.54 bits per heavy atom. The van der Waals surface area contributed by atoms with Crippen molar-refractivity contribution < 1.29 is 58.9 Å². The van der Waals surface area contributed by atoms with Crippen LogP contribution in [0.15, 0.2) is 24.0 Å². The molecule has 2 aliphatic heterocycles. The molecule has 0 aromatic heterocycles. The summed E-state index contributed by atoms with van der Waals surface area (Å²) in [5.41, 5.74) is -1.03. The minimum atomic E-state index is -2.13. The largest absolute Gasteiger partial charge is 0.504 e. The highest BCUT2D eigenvalue weighted by Crippen LogP contribution is 2.62. The monoisotopic (exact) mass is 549 g/mol. The highest BCUT2D eigenvalue weighted by molar-refractivity contribution is 5.86. The van der Waals surface area contributed by atoms with Crippen LogP contribution in [0.2, 0.25) is 0 Å². The summed E-state index contributed by atoms with van der Waals surface area (Å²) < 4.78 is 16.2. The summed E-state index contributed by atoms with van der Waals surface area (Å²) in [6.07, 6.45) is -5.13. The van der Waals surface area contributed by atoms with Crippen molar-refractivity contribution >= 4 is 23.9 Å². The van der Waals surface area contributed by atoms with Crippen LogP contribution in [-0.2, 0) is 34.1 Å². The Labute approximate surface area is 223 Å². The number of hydrogen-bond acceptors (Lipinski definition) is 11. The normalized spacial score (nSPS) is 29.0. The molecule has 1 saturated heterocycles. The summed E-state index contributed by atoms with van der Waals surface area (Å²) in [6.45, 7) is 4.29. The van der Waals surface area contributed by atoms with E-state index in [0.717, 1.165) is 5.56 Å². The molecular formula is C26H31NO12. The molecule has 0 radical (unpaired) electrons. The van der Waals surface area contributed by atoms with Crippen LogP contribution < -0.4 is 4.74 Å². The number of carbonyl (C=O) groups is 4. The number of hydrogen-bond donors (Lipinski definition) is 5. The summed E-state index contributed by atoms with van der Waals surface area (Å²) in [5.74, 6) is -5.76. The topological polar surface area (TPSA) is 200 Å². The molecule has 212 valence electrons. The third kappa shape index (κ3) is 4.60. The molecule has 13 heteroatoms. The van der Waals surface area contributed by atoms with Gasteiger partial charge in [-0.3, -0.25) is 9.59 Å². The lowest BCUT2D eigenvalue weighted by Crippen LogP contribution is -2.71. The molecule has 0 saturated carbocycles. The molecule has 3 aliphatic rings. The van der Waals surface area contributed by atoms with E-state index in [0.29, 0.717) is 18.5 Å². The number of benzene rings is 1. The van der Waals surface area contributed by atoms with Crippen LogP contribution in [-0.4, -0.2) is 97.9 Å². The fourth-order valence-corrected chi connectivity index (χ4v) is 5.98. The zero-order valence-electron chi connectivity index (χ0n) is 21.6. The standard InChI is InChI=1S/C26H31NO12/c1-12-4-5-14(28)21-20(12)25-8-9-27(3)13(2)26(25,36)7-6-16(22(25)39-21)37-19(32)10-15(29)24(35)38-17(23(33)34)11-18(30)31/h4-6,13,15,17,22,28-29,36H,7-11H2,1-3H3,(H,30,31)(H,33,34)/t13-,15+,17+,22+,25+,26-/m1/s1. The fourth-order valence-electron chi connectivity index (χ4n) is 5.98. The number of phenols is 1. The molecule has 6 atom stereocenters. The van der Waals surface area contributed by atoms with Gasteiger partial charge in [0.15, 0.2) is 23.7 Å². The Bertz CT molecular complexity index is 1240. The van der Waals surface area contributed by atoms with Crippen LogP contribution in [0, 0.1) is 6.92 Å². The number of aliphatic hydroxyl groups is 2. The lowest BCUT2D eigenvalue weighted by Gasteiger charge is -2.58. The summed E-state index contributed by atoms with van der Waals surface area (Å²) in [7, 11) is 1.89. The second-order valence-corrected chi connectivity index (χ2v) is 10.3. The second-order valence-electron chi connectivity index (χ2n) is 10.3. The van der Waals surface area contributed by atoms with Gasteiger partial charge in [-0.2, -0.15) is 0 Å². The number of fused-ring (bicyclic) bond motifs is 1. The van der Waals surface area contributed by atoms with E-state index in [-0.39, 0.29) is 29.7 Å². The Morgan fingerprint density at radius 1 is 1.21 bits per heavy atom. The van der Waals surface area contributed by atoms with Gasteiger partial charge in [0.1, 0.15) is 5.76 Å². The fraction of sp³-hybridized carbons (Fsp3) is 0.538. The average molecular weight is 550 g/mol. The molecule has 1 spiro atoms. The number of rotatable bonds is 8. The van der Waals surface area contributed by atoms with Crippen molar-refractivity contribution in [3.63, 3.8) is 0 Å². The number of likely N-dealkylation sites (tertiary alicyclic amines) is 1. The number of carboxylic acids is 2. The highest BCUT2D eigenvalue weighted by atomic mass is 16.6. The Kier molecular flexibility index (Phi) is 7.36. The number of aliphatic carboxylic acids is 2. The smallest absolute Gasteiger partial charge is 0.345 e. The lowest BCUT2D eigenvalue weighted by molar-refractivity contribution is -0.175. The van der Waals surface area contributed by atoms with Crippen molar-refractivity contribution in [3.8, 4) is 11.5 Å². The van der Waals surface area contributed by atoms with Crippen molar-refractivity contribution in [2.75, 3.05) is 13.6 Å². The summed E-state index contributed by atoms with van der Waals surface area (Å²) in [5, 5.41) is 50.7. The summed E-state index contributed by atoms with van der Waals surface area (Å²) in [6, 6.07) is 2.87. The van der Waals surface area contributed by atoms with Crippen LogP contribution in [0.3, 0.4) is 0 Å². The highest BCUT2D eigenvalue weighted by Gasteiger charge is 2.69. The number of ether oxygens (including phenoxy) is 3. The quantitative estimate of drug-likeness (QED) is 0.276. The number of carboxylic acid groups (broad SMARTS) is 2. The zero-order valence-corrected chi connectivity index (χ0v) is 21.6. The molecule has 4 rings (SSSR count). The molecule has 39 heavy (non-hydrogen) atoms. The molecule has 1 fully saturated rings. The van der Waals surface area contributed by atoms with Gasteiger partial charge in [-0.25, -0.2) is 9.59 Å². The average Bonchev–Trinajstić information content (AvgIpc) is 3.23. The maximum atomic E-state index is 12.8. The van der Waals surface area contributed by atoms with E-state index >= 15 is 0 Å². The van der Waals surface area contributed by atoms with Gasteiger partial charge in [0, 0.05) is 18.0 Å². The molecule has 0 unspecified atom stereocenters. The van der Waals surface area contributed by atoms with Crippen LogP contribution in [0.5, 0.6) is 11.5 Å². The van der Waals surface area contributed by atoms with Crippen molar-refractivity contribution in [3.05, 3.63) is 35.1 Å². The van der Waals surface area contributed by atoms with Gasteiger partial charge in [0.05, 0.1) is 23.9 Å². The van der Waals surface area contributed by atoms with E-state index in [9.17, 15) is 34.5 Å². The maximum Gasteiger partial charge on any atom is 0.345 e. The molecule has 0 bridgehead atoms. The summed E-state index contributed by atoms with van der Waals surface area (Å²) in [4.78, 5) is 48.8. The predicted octanol–water partition coefficient (Wildman–Crippen LogP) is 0.207. The minimum absolute atomic E-state index is 0.0336. The minimum Gasteiger partial charge on any atom is -0.504 e. The van der Waals surface area contributed by atoms with Crippen molar-refractivity contribution in [1.29, 1.82) is 0 Å². The van der Waals surface area contributed by atoms with E-state index in [1.54, 1.807) is 6.07 Å². The van der Waals surface area contributed by atoms with Crippen molar-refractivity contribution in [2.24, 2.45) is 0 Å². The van der Waals surface area contributed by atoms with Crippen LogP contribution >= 0.6 is 0 Å².